The molecule has 0 fully saturated rings. The summed E-state index contributed by atoms with van der Waals surface area (Å²) in [5.41, 5.74) is 4.46. The van der Waals surface area contributed by atoms with Crippen molar-refractivity contribution in [3.63, 3.8) is 0 Å². The number of aryl methyl sites for hydroxylation is 2. The average molecular weight is 284 g/mol. The highest BCUT2D eigenvalue weighted by molar-refractivity contribution is 5.42. The molecular formula is C17H20N2O2. The molecule has 0 unspecified atom stereocenters. The Morgan fingerprint density at radius 1 is 1.10 bits per heavy atom. The van der Waals surface area contributed by atoms with E-state index in [9.17, 15) is 10.1 Å². The lowest BCUT2D eigenvalue weighted by Gasteiger charge is -2.08. The van der Waals surface area contributed by atoms with Gasteiger partial charge in [0.2, 0.25) is 0 Å². The molecule has 2 aromatic rings. The number of nitrogens with zero attached hydrogens (tertiary/aromatic N) is 1. The zero-order chi connectivity index (χ0) is 15.2. The number of nitro groups is 1. The molecule has 2 rings (SSSR count). The number of nitrogens with one attached hydrogen (secondary N) is 1. The minimum absolute atomic E-state index is 0.188. The van der Waals surface area contributed by atoms with Crippen molar-refractivity contribution >= 4 is 5.69 Å². The monoisotopic (exact) mass is 284 g/mol. The number of benzene rings is 2. The van der Waals surface area contributed by atoms with Crippen LogP contribution in [0.4, 0.5) is 5.69 Å². The fraction of sp³-hybridized carbons (Fsp3) is 0.294. The first-order valence-corrected chi connectivity index (χ1v) is 7.07. The van der Waals surface area contributed by atoms with Crippen molar-refractivity contribution in [2.24, 2.45) is 0 Å². The predicted molar refractivity (Wildman–Crippen MR) is 84.4 cm³/mol. The molecular weight excluding hydrogens is 264 g/mol. The molecule has 110 valence electrons. The van der Waals surface area contributed by atoms with Gasteiger partial charge in [-0.2, -0.15) is 0 Å². The van der Waals surface area contributed by atoms with Crippen LogP contribution in [-0.4, -0.2) is 11.5 Å². The number of rotatable bonds is 6. The van der Waals surface area contributed by atoms with Gasteiger partial charge in [-0.3, -0.25) is 10.1 Å². The number of nitro benzene ring substituents is 1. The Hall–Kier alpha value is -2.20. The van der Waals surface area contributed by atoms with Gasteiger partial charge in [-0.25, -0.2) is 0 Å². The average Bonchev–Trinajstić information content (AvgIpc) is 2.46. The molecule has 4 heteroatoms. The maximum atomic E-state index is 10.9. The van der Waals surface area contributed by atoms with Crippen LogP contribution in [0.3, 0.4) is 0 Å². The van der Waals surface area contributed by atoms with Crippen molar-refractivity contribution < 1.29 is 4.92 Å². The van der Waals surface area contributed by atoms with Crippen LogP contribution in [-0.2, 0) is 13.0 Å². The molecule has 4 nitrogen and oxygen atoms in total. The molecule has 0 aliphatic rings. The Bertz CT molecular complexity index is 638. The molecule has 0 bridgehead atoms. The minimum Gasteiger partial charge on any atom is -0.312 e. The van der Waals surface area contributed by atoms with Crippen LogP contribution in [0, 0.1) is 24.0 Å². The first kappa shape index (κ1) is 15.2. The fourth-order valence-electron chi connectivity index (χ4n) is 2.31. The second-order valence-electron chi connectivity index (χ2n) is 5.23. The largest absolute Gasteiger partial charge is 0.312 e. The van der Waals surface area contributed by atoms with Crippen LogP contribution < -0.4 is 5.32 Å². The van der Waals surface area contributed by atoms with Gasteiger partial charge in [-0.05, 0) is 43.5 Å². The van der Waals surface area contributed by atoms with E-state index in [-0.39, 0.29) is 10.6 Å². The maximum absolute atomic E-state index is 10.9. The molecule has 0 aliphatic heterocycles. The molecule has 0 aliphatic carbocycles. The van der Waals surface area contributed by atoms with E-state index in [1.54, 1.807) is 19.1 Å². The molecule has 2 aromatic carbocycles. The Morgan fingerprint density at radius 2 is 1.86 bits per heavy atom. The summed E-state index contributed by atoms with van der Waals surface area (Å²) in [7, 11) is 0. The van der Waals surface area contributed by atoms with Gasteiger partial charge in [0, 0.05) is 18.2 Å². The lowest BCUT2D eigenvalue weighted by atomic mass is 10.1. The van der Waals surface area contributed by atoms with E-state index in [4.69, 9.17) is 0 Å². The standard InChI is InChI=1S/C17H20N2O2/c1-13-5-3-4-6-16(13)9-10-18-12-15-8-7-14(2)17(11-15)19(20)21/h3-8,11,18H,9-10,12H2,1-2H3. The van der Waals surface area contributed by atoms with E-state index in [2.05, 4.69) is 24.4 Å². The van der Waals surface area contributed by atoms with Crippen molar-refractivity contribution in [3.8, 4) is 0 Å². The molecule has 0 saturated carbocycles. The van der Waals surface area contributed by atoms with E-state index in [0.717, 1.165) is 18.5 Å². The van der Waals surface area contributed by atoms with Gasteiger partial charge in [0.15, 0.2) is 0 Å². The van der Waals surface area contributed by atoms with Gasteiger partial charge >= 0.3 is 0 Å². The molecule has 0 atom stereocenters. The lowest BCUT2D eigenvalue weighted by Crippen LogP contribution is -2.17. The highest BCUT2D eigenvalue weighted by atomic mass is 16.6. The highest BCUT2D eigenvalue weighted by Crippen LogP contribution is 2.19. The third-order valence-corrected chi connectivity index (χ3v) is 3.63. The predicted octanol–water partition coefficient (Wildman–Crippen LogP) is 3.54. The summed E-state index contributed by atoms with van der Waals surface area (Å²) in [4.78, 5) is 10.6. The Balaban J connectivity index is 1.88. The molecule has 0 heterocycles. The van der Waals surface area contributed by atoms with Crippen molar-refractivity contribution in [1.29, 1.82) is 0 Å². The minimum atomic E-state index is -0.327. The number of hydrogen-bond donors (Lipinski definition) is 1. The summed E-state index contributed by atoms with van der Waals surface area (Å²) in [5, 5.41) is 14.3. The fourth-order valence-corrected chi connectivity index (χ4v) is 2.31. The summed E-state index contributed by atoms with van der Waals surface area (Å²) < 4.78 is 0. The Morgan fingerprint density at radius 3 is 2.57 bits per heavy atom. The van der Waals surface area contributed by atoms with Gasteiger partial charge in [-0.15, -0.1) is 0 Å². The van der Waals surface area contributed by atoms with Crippen LogP contribution in [0.5, 0.6) is 0 Å². The van der Waals surface area contributed by atoms with Crippen LogP contribution in [0.15, 0.2) is 42.5 Å². The summed E-state index contributed by atoms with van der Waals surface area (Å²) in [6.07, 6.45) is 0.959. The second kappa shape index (κ2) is 6.99. The van der Waals surface area contributed by atoms with Gasteiger partial charge < -0.3 is 5.32 Å². The zero-order valence-electron chi connectivity index (χ0n) is 12.4. The Labute approximate surface area is 125 Å². The van der Waals surface area contributed by atoms with Gasteiger partial charge in [0.25, 0.3) is 5.69 Å². The quantitative estimate of drug-likeness (QED) is 0.501. The zero-order valence-corrected chi connectivity index (χ0v) is 12.4. The smallest absolute Gasteiger partial charge is 0.272 e. The van der Waals surface area contributed by atoms with Crippen LogP contribution in [0.2, 0.25) is 0 Å². The third kappa shape index (κ3) is 4.13. The molecule has 0 aromatic heterocycles. The first-order chi connectivity index (χ1) is 10.1. The molecule has 0 amide bonds. The van der Waals surface area contributed by atoms with E-state index in [1.807, 2.05) is 18.2 Å². The Kier molecular flexibility index (Phi) is 5.06. The van der Waals surface area contributed by atoms with Crippen molar-refractivity contribution in [2.75, 3.05) is 6.54 Å². The van der Waals surface area contributed by atoms with Crippen molar-refractivity contribution in [1.82, 2.24) is 5.32 Å². The van der Waals surface area contributed by atoms with Gasteiger partial charge in [0.1, 0.15) is 0 Å². The molecule has 21 heavy (non-hydrogen) atoms. The van der Waals surface area contributed by atoms with E-state index >= 15 is 0 Å². The summed E-state index contributed by atoms with van der Waals surface area (Å²) >= 11 is 0. The van der Waals surface area contributed by atoms with Crippen LogP contribution in [0.25, 0.3) is 0 Å². The topological polar surface area (TPSA) is 55.2 Å². The summed E-state index contributed by atoms with van der Waals surface area (Å²) in [6.45, 7) is 5.37. The highest BCUT2D eigenvalue weighted by Gasteiger charge is 2.10. The van der Waals surface area contributed by atoms with Crippen LogP contribution >= 0.6 is 0 Å². The SMILES string of the molecule is Cc1ccccc1CCNCc1ccc(C)c([N+](=O)[O-])c1. The molecule has 0 saturated heterocycles. The van der Waals surface area contributed by atoms with E-state index in [0.29, 0.717) is 12.1 Å². The second-order valence-corrected chi connectivity index (χ2v) is 5.23. The molecule has 1 N–H and O–H groups in total. The third-order valence-electron chi connectivity index (χ3n) is 3.63. The molecule has 0 spiro atoms. The lowest BCUT2D eigenvalue weighted by molar-refractivity contribution is -0.385. The summed E-state index contributed by atoms with van der Waals surface area (Å²) in [6, 6.07) is 13.7. The van der Waals surface area contributed by atoms with E-state index < -0.39 is 0 Å². The van der Waals surface area contributed by atoms with Crippen molar-refractivity contribution in [3.05, 3.63) is 74.8 Å². The maximum Gasteiger partial charge on any atom is 0.272 e. The summed E-state index contributed by atoms with van der Waals surface area (Å²) in [5.74, 6) is 0. The van der Waals surface area contributed by atoms with Crippen LogP contribution in [0.1, 0.15) is 22.3 Å². The normalized spacial score (nSPS) is 10.6. The van der Waals surface area contributed by atoms with Gasteiger partial charge in [0.05, 0.1) is 4.92 Å². The van der Waals surface area contributed by atoms with Crippen molar-refractivity contribution in [2.45, 2.75) is 26.8 Å². The first-order valence-electron chi connectivity index (χ1n) is 7.07. The number of hydrogen-bond acceptors (Lipinski definition) is 3. The van der Waals surface area contributed by atoms with Gasteiger partial charge in [-0.1, -0.05) is 36.4 Å². The van der Waals surface area contributed by atoms with E-state index in [1.165, 1.54) is 11.1 Å². The molecule has 0 radical (unpaired) electrons.